The third kappa shape index (κ3) is 4.25. The van der Waals surface area contributed by atoms with Gasteiger partial charge in [0, 0.05) is 4.88 Å². The van der Waals surface area contributed by atoms with Crippen LogP contribution < -0.4 is 5.32 Å². The standard InChI is InChI=1S/C23H30N2O3S/c1-12-8-16(17(22(27)28)9-13(12)2)20(26)25-21-18(11-24)15-7-6-14(23(3,4)5)10-19(15)29-21/h14,16-17H,6-10H2,1-5H3,(H,25,26)(H,27,28)/t14-,16+,17+/m1/s1. The van der Waals surface area contributed by atoms with E-state index in [-0.39, 0.29) is 11.3 Å². The average molecular weight is 415 g/mol. The Morgan fingerprint density at radius 1 is 1.14 bits per heavy atom. The smallest absolute Gasteiger partial charge is 0.307 e. The fourth-order valence-corrected chi connectivity index (χ4v) is 5.84. The minimum Gasteiger partial charge on any atom is -0.481 e. The number of fused-ring (bicyclic) bond motifs is 1. The van der Waals surface area contributed by atoms with E-state index in [1.54, 1.807) is 0 Å². The van der Waals surface area contributed by atoms with E-state index in [9.17, 15) is 20.0 Å². The summed E-state index contributed by atoms with van der Waals surface area (Å²) in [6.07, 6.45) is 3.68. The molecule has 0 radical (unpaired) electrons. The Hall–Kier alpha value is -2.13. The second-order valence-corrected chi connectivity index (χ2v) is 10.7. The van der Waals surface area contributed by atoms with Crippen molar-refractivity contribution in [2.24, 2.45) is 23.2 Å². The lowest BCUT2D eigenvalue weighted by molar-refractivity contribution is -0.146. The summed E-state index contributed by atoms with van der Waals surface area (Å²) in [6, 6.07) is 2.29. The average Bonchev–Trinajstić information content (AvgIpc) is 2.98. The highest BCUT2D eigenvalue weighted by Gasteiger charge is 2.38. The third-order valence-electron chi connectivity index (χ3n) is 6.76. The van der Waals surface area contributed by atoms with Crippen LogP contribution in [0.1, 0.15) is 69.9 Å². The molecule has 1 amide bonds. The predicted molar refractivity (Wildman–Crippen MR) is 115 cm³/mol. The molecule has 2 aliphatic rings. The number of aliphatic carboxylic acids is 1. The summed E-state index contributed by atoms with van der Waals surface area (Å²) in [5, 5.41) is 22.9. The fraction of sp³-hybridized carbons (Fsp3) is 0.609. The fourth-order valence-electron chi connectivity index (χ4n) is 4.56. The molecular formula is C23H30N2O3S. The molecule has 0 saturated carbocycles. The van der Waals surface area contributed by atoms with Gasteiger partial charge in [-0.1, -0.05) is 31.9 Å². The number of nitrogens with zero attached hydrogens (tertiary/aromatic N) is 1. The largest absolute Gasteiger partial charge is 0.481 e. The minimum atomic E-state index is -0.934. The van der Waals surface area contributed by atoms with Crippen molar-refractivity contribution in [3.05, 3.63) is 27.2 Å². The summed E-state index contributed by atoms with van der Waals surface area (Å²) >= 11 is 1.50. The first-order valence-electron chi connectivity index (χ1n) is 10.3. The number of carbonyl (C=O) groups is 2. The molecule has 2 aliphatic carbocycles. The van der Waals surface area contributed by atoms with Crippen molar-refractivity contribution in [2.45, 2.75) is 66.7 Å². The number of thiophene rings is 1. The third-order valence-corrected chi connectivity index (χ3v) is 7.93. The monoisotopic (exact) mass is 414 g/mol. The van der Waals surface area contributed by atoms with Crippen molar-refractivity contribution in [1.82, 2.24) is 0 Å². The Kier molecular flexibility index (Phi) is 5.91. The molecule has 0 aliphatic heterocycles. The first-order valence-corrected chi connectivity index (χ1v) is 11.1. The Balaban J connectivity index is 1.85. The molecule has 6 heteroatoms. The molecule has 0 saturated heterocycles. The van der Waals surface area contributed by atoms with Crippen LogP contribution in [-0.2, 0) is 22.4 Å². The summed E-state index contributed by atoms with van der Waals surface area (Å²) in [5.41, 5.74) is 3.98. The van der Waals surface area contributed by atoms with Gasteiger partial charge in [0.1, 0.15) is 11.1 Å². The highest BCUT2D eigenvalue weighted by molar-refractivity contribution is 7.16. The van der Waals surface area contributed by atoms with Crippen LogP contribution in [0.2, 0.25) is 0 Å². The van der Waals surface area contributed by atoms with Crippen LogP contribution in [0.15, 0.2) is 11.1 Å². The number of hydrogen-bond acceptors (Lipinski definition) is 4. The number of nitrogens with one attached hydrogen (secondary N) is 1. The Morgan fingerprint density at radius 3 is 2.31 bits per heavy atom. The van der Waals surface area contributed by atoms with Gasteiger partial charge in [0.15, 0.2) is 0 Å². The van der Waals surface area contributed by atoms with Crippen LogP contribution >= 0.6 is 11.3 Å². The van der Waals surface area contributed by atoms with Crippen LogP contribution in [0.4, 0.5) is 5.00 Å². The molecule has 1 aromatic rings. The van der Waals surface area contributed by atoms with Gasteiger partial charge in [-0.3, -0.25) is 9.59 Å². The normalized spacial score (nSPS) is 24.6. The summed E-state index contributed by atoms with van der Waals surface area (Å²) in [4.78, 5) is 26.0. The minimum absolute atomic E-state index is 0.205. The Bertz CT molecular complexity index is 914. The lowest BCUT2D eigenvalue weighted by Gasteiger charge is -2.33. The van der Waals surface area contributed by atoms with Crippen molar-refractivity contribution in [1.29, 1.82) is 5.26 Å². The highest BCUT2D eigenvalue weighted by Crippen LogP contribution is 2.44. The maximum absolute atomic E-state index is 13.0. The number of carbonyl (C=O) groups excluding carboxylic acids is 1. The van der Waals surface area contributed by atoms with Crippen LogP contribution in [0, 0.1) is 34.5 Å². The zero-order valence-electron chi connectivity index (χ0n) is 17.9. The number of hydrogen-bond donors (Lipinski definition) is 2. The molecule has 3 atom stereocenters. The number of amides is 1. The molecule has 0 aromatic carbocycles. The van der Waals surface area contributed by atoms with E-state index in [1.807, 2.05) is 13.8 Å². The second kappa shape index (κ2) is 7.95. The van der Waals surface area contributed by atoms with Crippen LogP contribution in [-0.4, -0.2) is 17.0 Å². The number of carboxylic acids is 1. The number of carboxylic acid groups (broad SMARTS) is 1. The molecule has 2 N–H and O–H groups in total. The quantitative estimate of drug-likeness (QED) is 0.669. The van der Waals surface area contributed by atoms with Gasteiger partial charge in [-0.2, -0.15) is 5.26 Å². The van der Waals surface area contributed by atoms with Crippen LogP contribution in [0.3, 0.4) is 0 Å². The molecule has 0 fully saturated rings. The van der Waals surface area contributed by atoms with Crippen molar-refractivity contribution >= 4 is 28.2 Å². The topological polar surface area (TPSA) is 90.2 Å². The summed E-state index contributed by atoms with van der Waals surface area (Å²) in [5.74, 6) is -2.00. The van der Waals surface area contributed by atoms with Crippen molar-refractivity contribution in [2.75, 3.05) is 5.32 Å². The Morgan fingerprint density at radius 2 is 1.76 bits per heavy atom. The molecule has 29 heavy (non-hydrogen) atoms. The molecular weight excluding hydrogens is 384 g/mol. The van der Waals surface area contributed by atoms with Gasteiger partial charge in [0.05, 0.1) is 17.4 Å². The number of nitriles is 1. The molecule has 5 nitrogen and oxygen atoms in total. The molecule has 0 bridgehead atoms. The first kappa shape index (κ1) is 21.6. The van der Waals surface area contributed by atoms with Gasteiger partial charge in [-0.15, -0.1) is 11.3 Å². The first-order chi connectivity index (χ1) is 13.5. The van der Waals surface area contributed by atoms with E-state index in [4.69, 9.17) is 0 Å². The predicted octanol–water partition coefficient (Wildman–Crippen LogP) is 5.16. The summed E-state index contributed by atoms with van der Waals surface area (Å²) in [7, 11) is 0. The summed E-state index contributed by atoms with van der Waals surface area (Å²) < 4.78 is 0. The van der Waals surface area contributed by atoms with Gasteiger partial charge < -0.3 is 10.4 Å². The van der Waals surface area contributed by atoms with Gasteiger partial charge in [-0.05, 0) is 62.8 Å². The van der Waals surface area contributed by atoms with Gasteiger partial charge in [0.2, 0.25) is 5.91 Å². The van der Waals surface area contributed by atoms with Gasteiger partial charge in [-0.25, -0.2) is 0 Å². The lowest BCUT2D eigenvalue weighted by Crippen LogP contribution is -2.36. The zero-order chi connectivity index (χ0) is 21.5. The molecule has 3 rings (SSSR count). The zero-order valence-corrected chi connectivity index (χ0v) is 18.7. The van der Waals surface area contributed by atoms with Gasteiger partial charge in [0.25, 0.3) is 0 Å². The van der Waals surface area contributed by atoms with E-state index >= 15 is 0 Å². The highest BCUT2D eigenvalue weighted by atomic mass is 32.1. The van der Waals surface area contributed by atoms with E-state index in [0.717, 1.165) is 36.0 Å². The van der Waals surface area contributed by atoms with Gasteiger partial charge >= 0.3 is 5.97 Å². The van der Waals surface area contributed by atoms with E-state index in [1.165, 1.54) is 16.2 Å². The van der Waals surface area contributed by atoms with E-state index < -0.39 is 17.8 Å². The lowest BCUT2D eigenvalue weighted by atomic mass is 9.72. The maximum Gasteiger partial charge on any atom is 0.307 e. The molecule has 156 valence electrons. The molecule has 0 spiro atoms. The van der Waals surface area contributed by atoms with Crippen molar-refractivity contribution in [3.8, 4) is 6.07 Å². The molecule has 1 aromatic heterocycles. The van der Waals surface area contributed by atoms with E-state index in [0.29, 0.717) is 29.3 Å². The number of anilines is 1. The van der Waals surface area contributed by atoms with Crippen molar-refractivity contribution in [3.63, 3.8) is 0 Å². The summed E-state index contributed by atoms with van der Waals surface area (Å²) in [6.45, 7) is 10.6. The number of allylic oxidation sites excluding steroid dienone is 2. The van der Waals surface area contributed by atoms with Crippen LogP contribution in [0.5, 0.6) is 0 Å². The maximum atomic E-state index is 13.0. The molecule has 1 heterocycles. The Labute approximate surface area is 176 Å². The molecule has 0 unspecified atom stereocenters. The second-order valence-electron chi connectivity index (χ2n) is 9.63. The SMILES string of the molecule is CC1=C(C)C[C@H](C(=O)Nc2sc3c(c2C#N)CC[C@@H](C(C)(C)C)C3)[C@@H](C(=O)O)C1. The number of rotatable bonds is 3. The van der Waals surface area contributed by atoms with Crippen LogP contribution in [0.25, 0.3) is 0 Å². The van der Waals surface area contributed by atoms with Crippen molar-refractivity contribution < 1.29 is 14.7 Å². The van der Waals surface area contributed by atoms with E-state index in [2.05, 4.69) is 32.2 Å².